The number of amides is 1. The molecule has 27 heavy (non-hydrogen) atoms. The van der Waals surface area contributed by atoms with Crippen LogP contribution in [0.4, 0.5) is 5.69 Å². The molecular formula is C22H22N2O2S. The van der Waals surface area contributed by atoms with Crippen LogP contribution >= 0.6 is 11.3 Å². The summed E-state index contributed by atoms with van der Waals surface area (Å²) in [4.78, 5) is 16.4. The van der Waals surface area contributed by atoms with Crippen LogP contribution < -0.4 is 10.1 Å². The van der Waals surface area contributed by atoms with E-state index in [-0.39, 0.29) is 11.9 Å². The van der Waals surface area contributed by atoms with E-state index in [0.717, 1.165) is 24.4 Å². The second-order valence-electron chi connectivity index (χ2n) is 6.61. The number of carbonyl (C=O) groups is 1. The third kappa shape index (κ3) is 3.89. The average molecular weight is 378 g/mol. The molecule has 1 aliphatic heterocycles. The van der Waals surface area contributed by atoms with E-state index in [2.05, 4.69) is 45.9 Å². The van der Waals surface area contributed by atoms with Crippen LogP contribution in [0.15, 0.2) is 66.0 Å². The van der Waals surface area contributed by atoms with Crippen LogP contribution in [0.5, 0.6) is 5.75 Å². The summed E-state index contributed by atoms with van der Waals surface area (Å²) in [5.74, 6) is 0.776. The number of benzene rings is 2. The molecule has 1 atom stereocenters. The first-order valence-corrected chi connectivity index (χ1v) is 9.92. The van der Waals surface area contributed by atoms with Gasteiger partial charge in [0.1, 0.15) is 5.75 Å². The zero-order chi connectivity index (χ0) is 18.6. The molecule has 1 unspecified atom stereocenters. The van der Waals surface area contributed by atoms with Gasteiger partial charge in [-0.3, -0.25) is 9.69 Å². The van der Waals surface area contributed by atoms with E-state index in [4.69, 9.17) is 4.74 Å². The fourth-order valence-electron chi connectivity index (χ4n) is 3.62. The van der Waals surface area contributed by atoms with Gasteiger partial charge in [0.05, 0.1) is 19.7 Å². The smallest absolute Gasteiger partial charge is 0.238 e. The fraction of sp³-hybridized carbons (Fsp3) is 0.227. The van der Waals surface area contributed by atoms with Crippen LogP contribution in [-0.4, -0.2) is 31.0 Å². The fourth-order valence-corrected chi connectivity index (χ4v) is 4.53. The molecule has 0 spiro atoms. The van der Waals surface area contributed by atoms with Gasteiger partial charge >= 0.3 is 0 Å². The Bertz CT molecular complexity index is 906. The molecule has 2 aromatic carbocycles. The minimum atomic E-state index is -0.000206. The molecule has 1 amide bonds. The Morgan fingerprint density at radius 2 is 1.93 bits per heavy atom. The Morgan fingerprint density at radius 1 is 1.15 bits per heavy atom. The predicted molar refractivity (Wildman–Crippen MR) is 110 cm³/mol. The van der Waals surface area contributed by atoms with E-state index in [9.17, 15) is 4.79 Å². The van der Waals surface area contributed by atoms with Crippen molar-refractivity contribution < 1.29 is 9.53 Å². The summed E-state index contributed by atoms with van der Waals surface area (Å²) in [6.07, 6.45) is 0.992. The second-order valence-corrected chi connectivity index (χ2v) is 7.61. The lowest BCUT2D eigenvalue weighted by atomic mass is 9.93. The Kier molecular flexibility index (Phi) is 5.23. The number of hydrogen-bond donors (Lipinski definition) is 1. The SMILES string of the molecule is COc1ccc(NC(=O)CN2CCc3sccc3C2c2ccccc2)cc1. The molecule has 0 fully saturated rings. The van der Waals surface area contributed by atoms with Gasteiger partial charge in [-0.05, 0) is 53.3 Å². The highest BCUT2D eigenvalue weighted by Crippen LogP contribution is 2.37. The number of nitrogens with one attached hydrogen (secondary N) is 1. The highest BCUT2D eigenvalue weighted by molar-refractivity contribution is 7.10. The van der Waals surface area contributed by atoms with Crippen molar-refractivity contribution in [3.05, 3.63) is 82.0 Å². The molecule has 4 rings (SSSR count). The molecule has 4 nitrogen and oxygen atoms in total. The van der Waals surface area contributed by atoms with Crippen molar-refractivity contribution in [2.24, 2.45) is 0 Å². The van der Waals surface area contributed by atoms with Gasteiger partial charge in [-0.1, -0.05) is 30.3 Å². The van der Waals surface area contributed by atoms with Crippen molar-refractivity contribution >= 4 is 22.9 Å². The largest absolute Gasteiger partial charge is 0.497 e. The van der Waals surface area contributed by atoms with Gasteiger partial charge < -0.3 is 10.1 Å². The number of nitrogens with zero attached hydrogens (tertiary/aromatic N) is 1. The van der Waals surface area contributed by atoms with Crippen molar-refractivity contribution in [2.75, 3.05) is 25.5 Å². The Labute approximate surface area is 163 Å². The zero-order valence-corrected chi connectivity index (χ0v) is 16.0. The summed E-state index contributed by atoms with van der Waals surface area (Å²) in [7, 11) is 1.63. The van der Waals surface area contributed by atoms with Gasteiger partial charge in [0.15, 0.2) is 0 Å². The topological polar surface area (TPSA) is 41.6 Å². The van der Waals surface area contributed by atoms with E-state index >= 15 is 0 Å². The van der Waals surface area contributed by atoms with E-state index in [0.29, 0.717) is 6.54 Å². The maximum atomic E-state index is 12.7. The molecule has 0 saturated carbocycles. The molecule has 3 aromatic rings. The van der Waals surface area contributed by atoms with Crippen molar-refractivity contribution in [1.29, 1.82) is 0 Å². The number of methoxy groups -OCH3 is 1. The van der Waals surface area contributed by atoms with Gasteiger partial charge in [-0.15, -0.1) is 11.3 Å². The van der Waals surface area contributed by atoms with Gasteiger partial charge in [0, 0.05) is 17.1 Å². The maximum absolute atomic E-state index is 12.7. The molecule has 1 aromatic heterocycles. The highest BCUT2D eigenvalue weighted by atomic mass is 32.1. The molecule has 1 N–H and O–H groups in total. The van der Waals surface area contributed by atoms with E-state index in [1.807, 2.05) is 41.7 Å². The van der Waals surface area contributed by atoms with E-state index in [1.54, 1.807) is 7.11 Å². The second kappa shape index (κ2) is 7.94. The number of ether oxygens (including phenoxy) is 1. The van der Waals surface area contributed by atoms with Crippen LogP contribution in [0, 0.1) is 0 Å². The lowest BCUT2D eigenvalue weighted by Gasteiger charge is -2.35. The summed E-state index contributed by atoms with van der Waals surface area (Å²) in [5.41, 5.74) is 3.34. The van der Waals surface area contributed by atoms with Crippen LogP contribution in [0.25, 0.3) is 0 Å². The van der Waals surface area contributed by atoms with Crippen molar-refractivity contribution in [3.8, 4) is 5.75 Å². The number of thiophene rings is 1. The summed E-state index contributed by atoms with van der Waals surface area (Å²) in [6.45, 7) is 1.24. The van der Waals surface area contributed by atoms with Gasteiger partial charge in [0.25, 0.3) is 0 Å². The van der Waals surface area contributed by atoms with Crippen molar-refractivity contribution in [3.63, 3.8) is 0 Å². The minimum Gasteiger partial charge on any atom is -0.497 e. The molecule has 138 valence electrons. The quantitative estimate of drug-likeness (QED) is 0.718. The number of hydrogen-bond acceptors (Lipinski definition) is 4. The first kappa shape index (κ1) is 17.8. The summed E-state index contributed by atoms with van der Waals surface area (Å²) in [6, 6.07) is 20.2. The van der Waals surface area contributed by atoms with Crippen molar-refractivity contribution in [2.45, 2.75) is 12.5 Å². The first-order chi connectivity index (χ1) is 13.2. The van der Waals surface area contributed by atoms with Gasteiger partial charge in [0.2, 0.25) is 5.91 Å². The third-order valence-electron chi connectivity index (χ3n) is 4.90. The molecule has 5 heteroatoms. The molecule has 0 radical (unpaired) electrons. The van der Waals surface area contributed by atoms with Gasteiger partial charge in [-0.2, -0.15) is 0 Å². The summed E-state index contributed by atoms with van der Waals surface area (Å²) in [5, 5.41) is 5.15. The van der Waals surface area contributed by atoms with E-state index < -0.39 is 0 Å². The van der Waals surface area contributed by atoms with Crippen molar-refractivity contribution in [1.82, 2.24) is 4.90 Å². The van der Waals surface area contributed by atoms with Crippen LogP contribution in [0.1, 0.15) is 22.0 Å². The normalized spacial score (nSPS) is 16.6. The molecule has 0 saturated heterocycles. The summed E-state index contributed by atoms with van der Waals surface area (Å²) < 4.78 is 5.16. The first-order valence-electron chi connectivity index (χ1n) is 9.04. The molecular weight excluding hydrogens is 356 g/mol. The third-order valence-corrected chi connectivity index (χ3v) is 5.90. The van der Waals surface area contributed by atoms with Crippen LogP contribution in [0.3, 0.4) is 0 Å². The average Bonchev–Trinajstić information content (AvgIpc) is 3.18. The molecule has 0 aliphatic carbocycles. The Balaban J connectivity index is 1.52. The lowest BCUT2D eigenvalue weighted by molar-refractivity contribution is -0.117. The predicted octanol–water partition coefficient (Wildman–Crippen LogP) is 4.34. The number of fused-ring (bicyclic) bond motifs is 1. The zero-order valence-electron chi connectivity index (χ0n) is 15.2. The molecule has 2 heterocycles. The molecule has 1 aliphatic rings. The Morgan fingerprint density at radius 3 is 2.67 bits per heavy atom. The van der Waals surface area contributed by atoms with Crippen LogP contribution in [0.2, 0.25) is 0 Å². The van der Waals surface area contributed by atoms with E-state index in [1.165, 1.54) is 16.0 Å². The molecule has 0 bridgehead atoms. The minimum absolute atomic E-state index is 0.000206. The monoisotopic (exact) mass is 378 g/mol. The standard InChI is InChI=1S/C22H22N2O2S/c1-26-18-9-7-17(8-10-18)23-21(25)15-24-13-11-20-19(12-14-27-20)22(24)16-5-3-2-4-6-16/h2-10,12,14,22H,11,13,15H2,1H3,(H,23,25). The summed E-state index contributed by atoms with van der Waals surface area (Å²) >= 11 is 1.81. The maximum Gasteiger partial charge on any atom is 0.238 e. The number of rotatable bonds is 5. The number of carbonyl (C=O) groups excluding carboxylic acids is 1. The highest BCUT2D eigenvalue weighted by Gasteiger charge is 2.30. The van der Waals surface area contributed by atoms with Gasteiger partial charge in [-0.25, -0.2) is 0 Å². The number of anilines is 1. The Hall–Kier alpha value is -2.63. The lowest BCUT2D eigenvalue weighted by Crippen LogP contribution is -2.40. The van der Waals surface area contributed by atoms with Crippen LogP contribution in [-0.2, 0) is 11.2 Å².